The van der Waals surface area contributed by atoms with Crippen LogP contribution in [0.15, 0.2) is 6.99 Å². The third-order valence-corrected chi connectivity index (χ3v) is 4.87. The van der Waals surface area contributed by atoms with Crippen molar-refractivity contribution in [2.75, 3.05) is 6.54 Å². The van der Waals surface area contributed by atoms with Crippen LogP contribution in [0.2, 0.25) is 0 Å². The molecule has 0 spiro atoms. The van der Waals surface area contributed by atoms with Gasteiger partial charge >= 0.3 is 77.8 Å². The van der Waals surface area contributed by atoms with E-state index in [-0.39, 0.29) is 11.1 Å². The summed E-state index contributed by atoms with van der Waals surface area (Å²) in [4.78, 5) is 0. The first-order valence-electron chi connectivity index (χ1n) is 9.07. The molecule has 0 aliphatic heterocycles. The van der Waals surface area contributed by atoms with Crippen LogP contribution >= 0.6 is 0 Å². The molecule has 0 unspecified atom stereocenters. The Labute approximate surface area is 161 Å². The fourth-order valence-electron chi connectivity index (χ4n) is 1.23. The minimum absolute atomic E-state index is 0.108. The van der Waals surface area contributed by atoms with Crippen LogP contribution < -0.4 is 0 Å². The van der Waals surface area contributed by atoms with Crippen molar-refractivity contribution in [3.63, 3.8) is 0 Å². The monoisotopic (exact) mass is 426 g/mol. The summed E-state index contributed by atoms with van der Waals surface area (Å²) in [5.74, 6) is 0. The van der Waals surface area contributed by atoms with Gasteiger partial charge in [0, 0.05) is 0 Å². The molecule has 0 aromatic carbocycles. The first-order valence-corrected chi connectivity index (χ1v) is 10.9. The van der Waals surface area contributed by atoms with Crippen LogP contribution in [0.25, 0.3) is 10.6 Å². The molecule has 0 saturated carbocycles. The van der Waals surface area contributed by atoms with Crippen LogP contribution in [-0.2, 0) is 18.2 Å². The van der Waals surface area contributed by atoms with E-state index in [2.05, 4.69) is 108 Å². The molecule has 0 amide bonds. The van der Waals surface area contributed by atoms with Gasteiger partial charge in [0.2, 0.25) is 0 Å². The van der Waals surface area contributed by atoms with Crippen LogP contribution in [0.3, 0.4) is 0 Å². The number of hydrogen-bond acceptors (Lipinski definition) is 2. The van der Waals surface area contributed by atoms with E-state index in [0.717, 1.165) is 6.54 Å². The fraction of sp³-hybridized carbons (Fsp3) is 1.00. The molecule has 0 aromatic rings. The SMILES string of the molecule is CC(C)(C)[N]=[Mo+2]=[N]C(C)(C)C.CC(C)[N-]C(C)C.CC[N-]C(C)C. The van der Waals surface area contributed by atoms with Gasteiger partial charge in [-0.25, -0.2) is 0 Å². The fourth-order valence-corrected chi connectivity index (χ4v) is 2.53. The second-order valence-electron chi connectivity index (χ2n) is 8.53. The topological polar surface area (TPSA) is 52.9 Å². The van der Waals surface area contributed by atoms with Crippen LogP contribution in [0.1, 0.15) is 90.0 Å². The number of nitrogens with zero attached hydrogens (tertiary/aromatic N) is 4. The Bertz CT molecular complexity index is 306. The van der Waals surface area contributed by atoms with Crippen molar-refractivity contribution in [1.29, 1.82) is 0 Å². The number of hydrogen-bond donors (Lipinski definition) is 0. The van der Waals surface area contributed by atoms with E-state index < -0.39 is 18.2 Å². The largest absolute Gasteiger partial charge is 0.660 e. The molecule has 0 fully saturated rings. The van der Waals surface area contributed by atoms with E-state index in [1.54, 1.807) is 0 Å². The van der Waals surface area contributed by atoms with Gasteiger partial charge in [-0.3, -0.25) is 0 Å². The van der Waals surface area contributed by atoms with Gasteiger partial charge in [0.25, 0.3) is 0 Å². The smallest absolute Gasteiger partial charge is 0.0818 e. The summed E-state index contributed by atoms with van der Waals surface area (Å²) in [6, 6.07) is 1.52. The van der Waals surface area contributed by atoms with E-state index in [1.165, 1.54) is 0 Å². The maximum Gasteiger partial charge on any atom is -0.0818 e. The quantitative estimate of drug-likeness (QED) is 0.436. The van der Waals surface area contributed by atoms with E-state index in [4.69, 9.17) is 0 Å². The molecular formula is C19H44MoN4. The molecule has 0 radical (unpaired) electrons. The molecule has 0 atom stereocenters. The molecule has 24 heavy (non-hydrogen) atoms. The molecular weight excluding hydrogens is 380 g/mol. The Morgan fingerprint density at radius 2 is 1.04 bits per heavy atom. The van der Waals surface area contributed by atoms with Crippen LogP contribution in [0.4, 0.5) is 0 Å². The van der Waals surface area contributed by atoms with Crippen molar-refractivity contribution in [3.05, 3.63) is 10.6 Å². The summed E-state index contributed by atoms with van der Waals surface area (Å²) >= 11 is -0.473. The molecule has 5 heteroatoms. The van der Waals surface area contributed by atoms with Crippen LogP contribution in [0, 0.1) is 0 Å². The molecule has 0 N–H and O–H groups in total. The maximum absolute atomic E-state index is 4.51. The number of rotatable bonds is 4. The zero-order valence-electron chi connectivity index (χ0n) is 18.6. The first-order chi connectivity index (χ1) is 10.6. The Morgan fingerprint density at radius 1 is 0.708 bits per heavy atom. The minimum Gasteiger partial charge on any atom is -0.660 e. The zero-order chi connectivity index (χ0) is 20.0. The molecule has 0 heterocycles. The molecule has 0 aliphatic rings. The third-order valence-electron chi connectivity index (χ3n) is 1.77. The Kier molecular flexibility index (Phi) is 18.7. The Balaban J connectivity index is -0.000000294. The second-order valence-corrected chi connectivity index (χ2v) is 9.83. The van der Waals surface area contributed by atoms with Crippen LogP contribution in [0.5, 0.6) is 0 Å². The molecule has 0 rings (SSSR count). The van der Waals surface area contributed by atoms with Gasteiger partial charge in [-0.2, -0.15) is 6.54 Å². The van der Waals surface area contributed by atoms with Crippen molar-refractivity contribution >= 4 is 0 Å². The van der Waals surface area contributed by atoms with E-state index in [0.29, 0.717) is 18.1 Å². The zero-order valence-corrected chi connectivity index (χ0v) is 20.6. The predicted octanol–water partition coefficient (Wildman–Crippen LogP) is 7.00. The van der Waals surface area contributed by atoms with Gasteiger partial charge in [-0.05, 0) is 0 Å². The Hall–Kier alpha value is 0.208. The molecule has 0 aliphatic carbocycles. The summed E-state index contributed by atoms with van der Waals surface area (Å²) in [5, 5.41) is 8.40. The summed E-state index contributed by atoms with van der Waals surface area (Å²) in [6.07, 6.45) is 0. The standard InChI is InChI=1S/C6H14N.C5H12N.2C4H9N.Mo/c1-5(2)7-6(3)4;1-4-6-5(2)3;2*1-4(2,3)5;/h5-6H,1-4H3;5H,4H2,1-3H3;2*1-3H3;/q2*-1;;;+2. The molecule has 0 saturated heterocycles. The maximum atomic E-state index is 4.51. The molecule has 0 bridgehead atoms. The third kappa shape index (κ3) is 43.2. The molecule has 0 aromatic heterocycles. The predicted molar refractivity (Wildman–Crippen MR) is 107 cm³/mol. The van der Waals surface area contributed by atoms with E-state index >= 15 is 0 Å². The van der Waals surface area contributed by atoms with Gasteiger partial charge in [-0.1, -0.05) is 48.5 Å². The average Bonchev–Trinajstić information content (AvgIpc) is 2.23. The second kappa shape index (κ2) is 15.5. The van der Waals surface area contributed by atoms with E-state index in [1.807, 2.05) is 0 Å². The average molecular weight is 425 g/mol. The van der Waals surface area contributed by atoms with E-state index in [9.17, 15) is 0 Å². The first kappa shape index (κ1) is 29.0. The van der Waals surface area contributed by atoms with Gasteiger partial charge in [-0.15, -0.1) is 18.1 Å². The Morgan fingerprint density at radius 3 is 1.12 bits per heavy atom. The van der Waals surface area contributed by atoms with Crippen molar-refractivity contribution in [2.24, 2.45) is 6.99 Å². The summed E-state index contributed by atoms with van der Waals surface area (Å²) in [5.41, 5.74) is 0.216. The van der Waals surface area contributed by atoms with Gasteiger partial charge in [0.15, 0.2) is 0 Å². The van der Waals surface area contributed by atoms with Gasteiger partial charge in [0.1, 0.15) is 0 Å². The summed E-state index contributed by atoms with van der Waals surface area (Å²) in [6.45, 7) is 28.3. The summed E-state index contributed by atoms with van der Waals surface area (Å²) < 4.78 is 9.01. The van der Waals surface area contributed by atoms with Crippen molar-refractivity contribution in [2.45, 2.75) is 119 Å². The minimum atomic E-state index is -0.473. The molecule has 4 nitrogen and oxygen atoms in total. The van der Waals surface area contributed by atoms with Crippen molar-refractivity contribution in [3.8, 4) is 0 Å². The van der Waals surface area contributed by atoms with Crippen LogP contribution in [-0.4, -0.2) is 35.7 Å². The van der Waals surface area contributed by atoms with Gasteiger partial charge in [0.05, 0.1) is 0 Å². The van der Waals surface area contributed by atoms with Crippen molar-refractivity contribution in [1.82, 2.24) is 0 Å². The summed E-state index contributed by atoms with van der Waals surface area (Å²) in [7, 11) is 0. The van der Waals surface area contributed by atoms with Gasteiger partial charge < -0.3 is 10.6 Å². The molecule has 146 valence electrons. The normalized spacial score (nSPS) is 11.3. The van der Waals surface area contributed by atoms with Crippen molar-refractivity contribution < 1.29 is 18.2 Å².